The number of ether oxygens (including phenoxy) is 2. The van der Waals surface area contributed by atoms with Crippen LogP contribution in [0.25, 0.3) is 0 Å². The first-order chi connectivity index (χ1) is 16.8. The molecule has 0 unspecified atom stereocenters. The van der Waals surface area contributed by atoms with Gasteiger partial charge >= 0.3 is 12.2 Å². The first-order valence-corrected chi connectivity index (χ1v) is 12.4. The Balaban J connectivity index is 1.59. The van der Waals surface area contributed by atoms with Gasteiger partial charge in [0.25, 0.3) is 0 Å². The number of aromatic amines is 1. The number of hydrogen-bond acceptors (Lipinski definition) is 6. The normalized spacial score (nSPS) is 21.0. The Hall–Kier alpha value is -3.48. The summed E-state index contributed by atoms with van der Waals surface area (Å²) in [5, 5.41) is 0. The minimum atomic E-state index is -0.566. The summed E-state index contributed by atoms with van der Waals surface area (Å²) in [7, 11) is 0. The van der Waals surface area contributed by atoms with Gasteiger partial charge in [0.1, 0.15) is 28.6 Å². The highest BCUT2D eigenvalue weighted by Crippen LogP contribution is 2.31. The predicted octanol–water partition coefficient (Wildman–Crippen LogP) is 4.10. The smallest absolute Gasteiger partial charge is 0.410 e. The molecule has 36 heavy (non-hydrogen) atoms. The fourth-order valence-electron chi connectivity index (χ4n) is 4.14. The number of aliphatic imine (C=N–C) groups is 1. The molecule has 0 saturated carbocycles. The molecule has 3 heterocycles. The molecule has 2 amide bonds. The lowest BCUT2D eigenvalue weighted by Gasteiger charge is -2.28. The summed E-state index contributed by atoms with van der Waals surface area (Å²) in [6, 6.07) is -0.443. The van der Waals surface area contributed by atoms with Crippen molar-refractivity contribution in [2.45, 2.75) is 90.5 Å². The molecule has 0 aliphatic carbocycles. The maximum atomic E-state index is 12.5. The van der Waals surface area contributed by atoms with Gasteiger partial charge in [-0.1, -0.05) is 5.92 Å². The lowest BCUT2D eigenvalue weighted by molar-refractivity contribution is 0.0216. The number of carbonyl (C=O) groups is 2. The van der Waals surface area contributed by atoms with E-state index in [1.807, 2.05) is 41.5 Å². The van der Waals surface area contributed by atoms with E-state index in [0.29, 0.717) is 30.4 Å². The molecule has 2 atom stereocenters. The van der Waals surface area contributed by atoms with Gasteiger partial charge in [-0.2, -0.15) is 0 Å². The maximum absolute atomic E-state index is 12.5. The van der Waals surface area contributed by atoms with Crippen molar-refractivity contribution in [3.8, 4) is 11.8 Å². The van der Waals surface area contributed by atoms with Crippen LogP contribution in [0.1, 0.15) is 84.8 Å². The Kier molecular flexibility index (Phi) is 8.33. The van der Waals surface area contributed by atoms with Crippen LogP contribution < -0.4 is 5.73 Å². The average Bonchev–Trinajstić information content (AvgIpc) is 3.50. The zero-order valence-electron chi connectivity index (χ0n) is 22.1. The van der Waals surface area contributed by atoms with E-state index in [1.165, 1.54) is 6.20 Å². The molecule has 10 heteroatoms. The number of carbonyl (C=O) groups excluding carboxylic acids is 2. The number of H-pyrrole nitrogens is 1. The summed E-state index contributed by atoms with van der Waals surface area (Å²) < 4.78 is 11.0. The lowest BCUT2D eigenvalue weighted by Crippen LogP contribution is -2.45. The van der Waals surface area contributed by atoms with E-state index in [4.69, 9.17) is 15.2 Å². The van der Waals surface area contributed by atoms with E-state index < -0.39 is 11.2 Å². The predicted molar refractivity (Wildman–Crippen MR) is 137 cm³/mol. The van der Waals surface area contributed by atoms with Crippen LogP contribution in [-0.2, 0) is 9.47 Å². The topological polar surface area (TPSA) is 126 Å². The molecule has 3 rings (SSSR count). The molecule has 1 aromatic rings. The average molecular weight is 499 g/mol. The monoisotopic (exact) mass is 498 g/mol. The van der Waals surface area contributed by atoms with Crippen LogP contribution in [0, 0.1) is 11.8 Å². The van der Waals surface area contributed by atoms with Gasteiger partial charge in [0, 0.05) is 25.4 Å². The first-order valence-electron chi connectivity index (χ1n) is 12.4. The molecular weight excluding hydrogens is 460 g/mol. The van der Waals surface area contributed by atoms with E-state index in [0.717, 1.165) is 25.7 Å². The minimum absolute atomic E-state index is 0.158. The quantitative estimate of drug-likeness (QED) is 0.367. The highest BCUT2D eigenvalue weighted by Gasteiger charge is 2.35. The van der Waals surface area contributed by atoms with Crippen molar-refractivity contribution in [3.63, 3.8) is 0 Å². The van der Waals surface area contributed by atoms with E-state index in [-0.39, 0.29) is 24.3 Å². The van der Waals surface area contributed by atoms with Gasteiger partial charge in [-0.25, -0.2) is 19.6 Å². The molecule has 0 radical (unpaired) electrons. The van der Waals surface area contributed by atoms with Gasteiger partial charge in [-0.15, -0.1) is 0 Å². The molecule has 2 aliphatic heterocycles. The van der Waals surface area contributed by atoms with Crippen molar-refractivity contribution in [2.75, 3.05) is 13.1 Å². The van der Waals surface area contributed by atoms with Crippen LogP contribution in [0.5, 0.6) is 0 Å². The Morgan fingerprint density at radius 1 is 1.08 bits per heavy atom. The summed E-state index contributed by atoms with van der Waals surface area (Å²) in [6.45, 7) is 12.3. The first kappa shape index (κ1) is 27.1. The molecule has 10 nitrogen and oxygen atoms in total. The summed E-state index contributed by atoms with van der Waals surface area (Å²) in [5.74, 6) is 6.93. The zero-order chi connectivity index (χ0) is 26.5. The fourth-order valence-corrected chi connectivity index (χ4v) is 4.14. The molecular formula is C26H38N6O4. The van der Waals surface area contributed by atoms with Crippen LogP contribution in [0.2, 0.25) is 0 Å². The molecule has 196 valence electrons. The van der Waals surface area contributed by atoms with Crippen molar-refractivity contribution in [2.24, 2.45) is 10.7 Å². The van der Waals surface area contributed by atoms with E-state index >= 15 is 0 Å². The standard InChI is InChI=1S/C26H38N6O4/c1-25(2,3)35-23(33)31-15-9-12-19(31)21(27)28-14-8-7-11-18-17-29-22(30-18)20-13-10-16-32(20)24(34)36-26(4,5)6/h8,14,17,19-20H,9-10,12-13,15-16H2,1-6H3,(H2,27,28)(H,29,30)/b14-8+/t19-,20-/m0/s1. The SMILES string of the molecule is CC(C)(C)OC(=O)N1CCC[C@H]1C(N)=N/C=C/C#Cc1cnc([C@@H]2CCCN2C(=O)OC(C)(C)C)[nH]1. The number of amidine groups is 1. The van der Waals surface area contributed by atoms with Crippen LogP contribution >= 0.6 is 0 Å². The maximum Gasteiger partial charge on any atom is 0.410 e. The lowest BCUT2D eigenvalue weighted by atomic mass is 10.2. The molecule has 2 aliphatic rings. The second-order valence-electron chi connectivity index (χ2n) is 11.0. The Labute approximate surface area is 213 Å². The number of likely N-dealkylation sites (tertiary alicyclic amines) is 2. The third-order valence-electron chi connectivity index (χ3n) is 5.60. The van der Waals surface area contributed by atoms with Crippen molar-refractivity contribution >= 4 is 18.0 Å². The van der Waals surface area contributed by atoms with Gasteiger partial charge in [-0.3, -0.25) is 9.80 Å². The number of imidazole rings is 1. The van der Waals surface area contributed by atoms with Crippen molar-refractivity contribution in [1.82, 2.24) is 19.8 Å². The number of aromatic nitrogens is 2. The van der Waals surface area contributed by atoms with E-state index in [1.54, 1.807) is 22.1 Å². The van der Waals surface area contributed by atoms with Gasteiger partial charge in [0.15, 0.2) is 0 Å². The van der Waals surface area contributed by atoms with Gasteiger partial charge < -0.3 is 20.2 Å². The fraction of sp³-hybridized carbons (Fsp3) is 0.615. The Morgan fingerprint density at radius 3 is 2.36 bits per heavy atom. The number of nitrogens with one attached hydrogen (secondary N) is 1. The van der Waals surface area contributed by atoms with Crippen LogP contribution in [-0.4, -0.2) is 68.1 Å². The molecule has 2 fully saturated rings. The molecule has 2 saturated heterocycles. The number of hydrogen-bond donors (Lipinski definition) is 2. The molecule has 3 N–H and O–H groups in total. The van der Waals surface area contributed by atoms with Gasteiger partial charge in [0.05, 0.1) is 18.3 Å². The third kappa shape index (κ3) is 7.51. The largest absolute Gasteiger partial charge is 0.444 e. The number of nitrogens with two attached hydrogens (primary N) is 1. The molecule has 0 bridgehead atoms. The highest BCUT2D eigenvalue weighted by molar-refractivity contribution is 5.89. The summed E-state index contributed by atoms with van der Waals surface area (Å²) in [5.41, 5.74) is 5.68. The molecule has 0 aromatic carbocycles. The summed E-state index contributed by atoms with van der Waals surface area (Å²) in [6.07, 6.45) is 7.33. The Bertz CT molecular complexity index is 1070. The van der Waals surface area contributed by atoms with Crippen LogP contribution in [0.4, 0.5) is 9.59 Å². The van der Waals surface area contributed by atoms with Crippen molar-refractivity contribution in [3.05, 3.63) is 30.0 Å². The van der Waals surface area contributed by atoms with E-state index in [9.17, 15) is 9.59 Å². The number of amides is 2. The van der Waals surface area contributed by atoms with Crippen LogP contribution in [0.15, 0.2) is 23.5 Å². The number of rotatable bonds is 3. The highest BCUT2D eigenvalue weighted by atomic mass is 16.6. The second-order valence-corrected chi connectivity index (χ2v) is 11.0. The zero-order valence-corrected chi connectivity index (χ0v) is 22.1. The van der Waals surface area contributed by atoms with Crippen molar-refractivity contribution < 1.29 is 19.1 Å². The minimum Gasteiger partial charge on any atom is -0.444 e. The third-order valence-corrected chi connectivity index (χ3v) is 5.60. The molecule has 0 spiro atoms. The number of nitrogens with zero attached hydrogens (tertiary/aromatic N) is 4. The molecule has 1 aromatic heterocycles. The number of allylic oxidation sites excluding steroid dienone is 1. The van der Waals surface area contributed by atoms with E-state index in [2.05, 4.69) is 26.8 Å². The summed E-state index contributed by atoms with van der Waals surface area (Å²) in [4.78, 5) is 40.2. The van der Waals surface area contributed by atoms with Gasteiger partial charge in [-0.05, 0) is 73.1 Å². The van der Waals surface area contributed by atoms with Crippen LogP contribution in [0.3, 0.4) is 0 Å². The van der Waals surface area contributed by atoms with Crippen molar-refractivity contribution in [1.29, 1.82) is 0 Å². The summed E-state index contributed by atoms with van der Waals surface area (Å²) >= 11 is 0. The second kappa shape index (κ2) is 11.1. The Morgan fingerprint density at radius 2 is 1.69 bits per heavy atom. The van der Waals surface area contributed by atoms with Gasteiger partial charge in [0.2, 0.25) is 0 Å².